The number of sulfonamides is 1. The van der Waals surface area contributed by atoms with Crippen molar-refractivity contribution >= 4 is 27.3 Å². The molecule has 1 aromatic carbocycles. The summed E-state index contributed by atoms with van der Waals surface area (Å²) < 4.78 is 38.0. The number of carbonyl (C=O) groups excluding carboxylic acids is 1. The number of benzene rings is 1. The molecule has 3 aromatic rings. The smallest absolute Gasteiger partial charge is 0.252 e. The number of oxazole rings is 1. The van der Waals surface area contributed by atoms with Gasteiger partial charge in [0.2, 0.25) is 5.91 Å². The predicted octanol–water partition coefficient (Wildman–Crippen LogP) is 2.67. The number of aryl methyl sites for hydroxylation is 1. The van der Waals surface area contributed by atoms with Crippen LogP contribution in [-0.4, -0.2) is 49.9 Å². The third-order valence-corrected chi connectivity index (χ3v) is 8.29. The molecular formula is C21H23N3O5S2. The highest BCUT2D eigenvalue weighted by molar-refractivity contribution is 7.91. The molecule has 1 N–H and O–H groups in total. The predicted molar refractivity (Wildman–Crippen MR) is 116 cm³/mol. The number of rotatable bonds is 8. The summed E-state index contributed by atoms with van der Waals surface area (Å²) in [7, 11) is -3.51. The quantitative estimate of drug-likeness (QED) is 0.553. The van der Waals surface area contributed by atoms with Crippen LogP contribution < -0.4 is 5.32 Å². The molecule has 31 heavy (non-hydrogen) atoms. The van der Waals surface area contributed by atoms with E-state index in [-0.39, 0.29) is 23.1 Å². The third-order valence-electron chi connectivity index (χ3n) is 4.84. The molecule has 0 saturated carbocycles. The molecule has 4 rings (SSSR count). The number of aromatic nitrogens is 1. The van der Waals surface area contributed by atoms with Crippen LogP contribution in [0.25, 0.3) is 11.3 Å². The molecule has 0 atom stereocenters. The minimum Gasteiger partial charge on any atom is -0.441 e. The Balaban J connectivity index is 1.26. The normalized spacial score (nSPS) is 15.1. The Kier molecular flexibility index (Phi) is 6.81. The van der Waals surface area contributed by atoms with Crippen molar-refractivity contribution in [3.63, 3.8) is 0 Å². The van der Waals surface area contributed by atoms with Crippen LogP contribution in [0.5, 0.6) is 0 Å². The highest BCUT2D eigenvalue weighted by Gasteiger charge is 2.27. The summed E-state index contributed by atoms with van der Waals surface area (Å²) in [4.78, 5) is 17.2. The van der Waals surface area contributed by atoms with Crippen molar-refractivity contribution in [3.8, 4) is 11.3 Å². The van der Waals surface area contributed by atoms with E-state index < -0.39 is 10.0 Å². The molecule has 10 heteroatoms. The zero-order valence-electron chi connectivity index (χ0n) is 16.8. The largest absolute Gasteiger partial charge is 0.441 e. The lowest BCUT2D eigenvalue weighted by Gasteiger charge is -2.25. The maximum Gasteiger partial charge on any atom is 0.252 e. The van der Waals surface area contributed by atoms with Crippen LogP contribution in [0, 0.1) is 0 Å². The van der Waals surface area contributed by atoms with E-state index in [1.54, 1.807) is 18.3 Å². The molecule has 1 amide bonds. The molecule has 2 aromatic heterocycles. The highest BCUT2D eigenvalue weighted by atomic mass is 32.2. The Morgan fingerprint density at radius 2 is 1.90 bits per heavy atom. The summed E-state index contributed by atoms with van der Waals surface area (Å²) >= 11 is 1.17. The molecule has 1 saturated heterocycles. The van der Waals surface area contributed by atoms with E-state index in [0.717, 1.165) is 10.4 Å². The Bertz CT molecular complexity index is 1120. The van der Waals surface area contributed by atoms with Crippen molar-refractivity contribution in [2.75, 3.05) is 26.3 Å². The molecule has 0 unspecified atom stereocenters. The van der Waals surface area contributed by atoms with Crippen molar-refractivity contribution in [2.45, 2.75) is 23.6 Å². The summed E-state index contributed by atoms with van der Waals surface area (Å²) in [5, 5.41) is 2.83. The second-order valence-electron chi connectivity index (χ2n) is 7.00. The first-order valence-electron chi connectivity index (χ1n) is 9.96. The summed E-state index contributed by atoms with van der Waals surface area (Å²) in [6.45, 7) is 1.82. The molecule has 8 nitrogen and oxygen atoms in total. The average Bonchev–Trinajstić information content (AvgIpc) is 3.48. The average molecular weight is 462 g/mol. The lowest BCUT2D eigenvalue weighted by atomic mass is 10.2. The van der Waals surface area contributed by atoms with Crippen LogP contribution >= 0.6 is 11.3 Å². The monoisotopic (exact) mass is 461 g/mol. The first-order valence-corrected chi connectivity index (χ1v) is 12.2. The molecule has 0 bridgehead atoms. The van der Waals surface area contributed by atoms with Gasteiger partial charge in [-0.2, -0.15) is 4.31 Å². The Morgan fingerprint density at radius 1 is 1.13 bits per heavy atom. The van der Waals surface area contributed by atoms with Crippen LogP contribution in [0.1, 0.15) is 17.2 Å². The van der Waals surface area contributed by atoms with Crippen LogP contribution in [0.4, 0.5) is 0 Å². The van der Waals surface area contributed by atoms with E-state index in [1.807, 2.05) is 30.3 Å². The first kappa shape index (κ1) is 21.7. The van der Waals surface area contributed by atoms with E-state index in [4.69, 9.17) is 9.15 Å². The number of hydrogen-bond acceptors (Lipinski definition) is 7. The van der Waals surface area contributed by atoms with Crippen LogP contribution in [0.3, 0.4) is 0 Å². The summed E-state index contributed by atoms with van der Waals surface area (Å²) in [5.41, 5.74) is 0.936. The zero-order valence-corrected chi connectivity index (χ0v) is 18.5. The Hall–Kier alpha value is -2.53. The molecule has 1 aliphatic heterocycles. The van der Waals surface area contributed by atoms with Gasteiger partial charge in [-0.1, -0.05) is 30.3 Å². The number of carbonyl (C=O) groups is 1. The Labute approximate surface area is 184 Å². The minimum absolute atomic E-state index is 0.148. The minimum atomic E-state index is -3.51. The molecule has 0 spiro atoms. The van der Waals surface area contributed by atoms with Gasteiger partial charge in [-0.15, -0.1) is 11.3 Å². The van der Waals surface area contributed by atoms with Crippen LogP contribution in [0.15, 0.2) is 57.3 Å². The number of thiophene rings is 1. The fourth-order valence-corrected chi connectivity index (χ4v) is 6.02. The van der Waals surface area contributed by atoms with E-state index in [1.165, 1.54) is 15.6 Å². The van der Waals surface area contributed by atoms with Gasteiger partial charge < -0.3 is 14.5 Å². The Morgan fingerprint density at radius 3 is 2.68 bits per heavy atom. The van der Waals surface area contributed by atoms with Crippen molar-refractivity contribution in [1.29, 1.82) is 0 Å². The SMILES string of the molecule is O=C(CCc1ncc(-c2ccccc2)o1)NCc1ccc(S(=O)(=O)N2CCOCC2)s1. The van der Waals surface area contributed by atoms with Gasteiger partial charge in [-0.3, -0.25) is 4.79 Å². The molecule has 1 aliphatic rings. The summed E-state index contributed by atoms with van der Waals surface area (Å²) in [6.07, 6.45) is 2.28. The number of amides is 1. The van der Waals surface area contributed by atoms with Crippen molar-refractivity contribution in [2.24, 2.45) is 0 Å². The van der Waals surface area contributed by atoms with Gasteiger partial charge in [-0.25, -0.2) is 13.4 Å². The maximum absolute atomic E-state index is 12.7. The van der Waals surface area contributed by atoms with Gasteiger partial charge in [0, 0.05) is 36.4 Å². The molecular weight excluding hydrogens is 438 g/mol. The van der Waals surface area contributed by atoms with Crippen molar-refractivity contribution in [1.82, 2.24) is 14.6 Å². The number of ether oxygens (including phenoxy) is 1. The van der Waals surface area contributed by atoms with Gasteiger partial charge in [0.05, 0.1) is 26.0 Å². The first-order chi connectivity index (χ1) is 15.0. The van der Waals surface area contributed by atoms with Crippen LogP contribution in [-0.2, 0) is 32.5 Å². The topological polar surface area (TPSA) is 102 Å². The molecule has 164 valence electrons. The second-order valence-corrected chi connectivity index (χ2v) is 10.3. The fourth-order valence-electron chi connectivity index (χ4n) is 3.16. The highest BCUT2D eigenvalue weighted by Crippen LogP contribution is 2.25. The standard InChI is InChI=1S/C21H23N3O5S2/c25-19(7-8-20-23-15-18(29-20)16-4-2-1-3-5-16)22-14-17-6-9-21(30-17)31(26,27)24-10-12-28-13-11-24/h1-6,9,15H,7-8,10-14H2,(H,22,25). The summed E-state index contributed by atoms with van der Waals surface area (Å²) in [6, 6.07) is 13.0. The van der Waals surface area contributed by atoms with Gasteiger partial charge >= 0.3 is 0 Å². The summed E-state index contributed by atoms with van der Waals surface area (Å²) in [5.74, 6) is 1.03. The van der Waals surface area contributed by atoms with E-state index in [0.29, 0.717) is 44.4 Å². The number of nitrogens with zero attached hydrogens (tertiary/aromatic N) is 2. The van der Waals surface area contributed by atoms with Crippen molar-refractivity contribution in [3.05, 3.63) is 59.4 Å². The molecule has 0 radical (unpaired) electrons. The van der Waals surface area contributed by atoms with Gasteiger partial charge in [-0.05, 0) is 12.1 Å². The second kappa shape index (κ2) is 9.73. The number of morpholine rings is 1. The van der Waals surface area contributed by atoms with Gasteiger partial charge in [0.1, 0.15) is 4.21 Å². The van der Waals surface area contributed by atoms with Gasteiger partial charge in [0.15, 0.2) is 11.7 Å². The van der Waals surface area contributed by atoms with E-state index in [9.17, 15) is 13.2 Å². The molecule has 0 aliphatic carbocycles. The van der Waals surface area contributed by atoms with E-state index in [2.05, 4.69) is 10.3 Å². The lowest BCUT2D eigenvalue weighted by molar-refractivity contribution is -0.121. The molecule has 3 heterocycles. The van der Waals surface area contributed by atoms with E-state index >= 15 is 0 Å². The number of nitrogens with one attached hydrogen (secondary N) is 1. The number of hydrogen-bond donors (Lipinski definition) is 1. The van der Waals surface area contributed by atoms with Crippen molar-refractivity contribution < 1.29 is 22.4 Å². The lowest BCUT2D eigenvalue weighted by Crippen LogP contribution is -2.40. The fraction of sp³-hybridized carbons (Fsp3) is 0.333. The maximum atomic E-state index is 12.7. The third kappa shape index (κ3) is 5.40. The van der Waals surface area contributed by atoms with Gasteiger partial charge in [0.25, 0.3) is 10.0 Å². The van der Waals surface area contributed by atoms with Crippen LogP contribution in [0.2, 0.25) is 0 Å². The molecule has 1 fully saturated rings. The zero-order chi connectivity index (χ0) is 21.7.